The number of benzene rings is 1. The minimum absolute atomic E-state index is 0.00361. The molecule has 4 rings (SSSR count). The van der Waals surface area contributed by atoms with E-state index in [1.807, 2.05) is 42.1 Å². The van der Waals surface area contributed by atoms with Gasteiger partial charge in [0, 0.05) is 38.3 Å². The number of likely N-dealkylation sites (N-methyl/N-ethyl adjacent to an activating group) is 1. The maximum Gasteiger partial charge on any atom is 0.253 e. The van der Waals surface area contributed by atoms with Crippen LogP contribution in [0.4, 0.5) is 11.4 Å². The molecule has 0 aromatic heterocycles. The third-order valence-corrected chi connectivity index (χ3v) is 6.45. The molecule has 3 amide bonds. The van der Waals surface area contributed by atoms with Gasteiger partial charge < -0.3 is 20.0 Å². The van der Waals surface area contributed by atoms with E-state index in [2.05, 4.69) is 10.2 Å². The van der Waals surface area contributed by atoms with E-state index in [1.54, 1.807) is 4.90 Å². The van der Waals surface area contributed by atoms with Crippen molar-refractivity contribution in [3.05, 3.63) is 23.8 Å². The summed E-state index contributed by atoms with van der Waals surface area (Å²) in [4.78, 5) is 46.6. The molecule has 1 aromatic rings. The Bertz CT molecular complexity index is 850. The lowest BCUT2D eigenvalue weighted by Crippen LogP contribution is -2.57. The van der Waals surface area contributed by atoms with Gasteiger partial charge >= 0.3 is 0 Å². The Morgan fingerprint density at radius 3 is 2.55 bits per heavy atom. The highest BCUT2D eigenvalue weighted by Gasteiger charge is 2.40. The van der Waals surface area contributed by atoms with Crippen LogP contribution in [0.5, 0.6) is 0 Å². The number of nitrogens with one attached hydrogen (secondary N) is 1. The molecule has 1 N–H and O–H groups in total. The van der Waals surface area contributed by atoms with Crippen LogP contribution < -0.4 is 15.1 Å². The van der Waals surface area contributed by atoms with Crippen molar-refractivity contribution >= 4 is 29.1 Å². The summed E-state index contributed by atoms with van der Waals surface area (Å²) in [6, 6.07) is 5.42. The van der Waals surface area contributed by atoms with E-state index >= 15 is 0 Å². The Kier molecular flexibility index (Phi) is 6.46. The predicted molar refractivity (Wildman–Crippen MR) is 120 cm³/mol. The van der Waals surface area contributed by atoms with Gasteiger partial charge in [0.25, 0.3) is 5.91 Å². The van der Waals surface area contributed by atoms with Gasteiger partial charge in [-0.2, -0.15) is 0 Å². The summed E-state index contributed by atoms with van der Waals surface area (Å²) in [7, 11) is 3.90. The summed E-state index contributed by atoms with van der Waals surface area (Å²) in [5.41, 5.74) is 2.21. The smallest absolute Gasteiger partial charge is 0.253 e. The van der Waals surface area contributed by atoms with Crippen molar-refractivity contribution in [1.29, 1.82) is 0 Å². The van der Waals surface area contributed by atoms with Crippen molar-refractivity contribution < 1.29 is 14.4 Å². The molecule has 0 saturated carbocycles. The van der Waals surface area contributed by atoms with E-state index in [9.17, 15) is 14.4 Å². The summed E-state index contributed by atoms with van der Waals surface area (Å²) in [6.07, 6.45) is 4.92. The van der Waals surface area contributed by atoms with Gasteiger partial charge in [-0.1, -0.05) is 0 Å². The molecule has 0 bridgehead atoms. The zero-order chi connectivity index (χ0) is 22.0. The topological polar surface area (TPSA) is 76.2 Å². The first-order valence-corrected chi connectivity index (χ1v) is 11.4. The van der Waals surface area contributed by atoms with E-state index in [-0.39, 0.29) is 30.3 Å². The Balaban J connectivity index is 1.61. The molecule has 0 spiro atoms. The number of likely N-dealkylation sites (tertiary alicyclic amines) is 1. The van der Waals surface area contributed by atoms with E-state index < -0.39 is 0 Å². The molecule has 3 aliphatic rings. The predicted octanol–water partition coefficient (Wildman–Crippen LogP) is 1.31. The highest BCUT2D eigenvalue weighted by molar-refractivity contribution is 6.09. The van der Waals surface area contributed by atoms with Crippen LogP contribution in [0.2, 0.25) is 0 Å². The van der Waals surface area contributed by atoms with Gasteiger partial charge in [0.2, 0.25) is 11.8 Å². The van der Waals surface area contributed by atoms with Crippen molar-refractivity contribution in [2.75, 3.05) is 63.2 Å². The molecule has 3 heterocycles. The zero-order valence-corrected chi connectivity index (χ0v) is 18.6. The molecule has 2 fully saturated rings. The van der Waals surface area contributed by atoms with Crippen LogP contribution in [-0.2, 0) is 9.59 Å². The Hall–Kier alpha value is -2.61. The molecule has 2 saturated heterocycles. The van der Waals surface area contributed by atoms with Crippen LogP contribution >= 0.6 is 0 Å². The van der Waals surface area contributed by atoms with Crippen LogP contribution in [0.1, 0.15) is 42.5 Å². The molecule has 1 aromatic carbocycles. The molecular formula is C23H33N5O3. The van der Waals surface area contributed by atoms with Gasteiger partial charge in [-0.25, -0.2) is 0 Å². The summed E-state index contributed by atoms with van der Waals surface area (Å²) < 4.78 is 0. The number of nitrogens with zero attached hydrogens (tertiary/aromatic N) is 4. The van der Waals surface area contributed by atoms with Crippen LogP contribution in [-0.4, -0.2) is 86.9 Å². The second-order valence-corrected chi connectivity index (χ2v) is 8.99. The average Bonchev–Trinajstić information content (AvgIpc) is 3.30. The lowest BCUT2D eigenvalue weighted by molar-refractivity contribution is -0.125. The molecule has 168 valence electrons. The van der Waals surface area contributed by atoms with Gasteiger partial charge in [0.15, 0.2) is 0 Å². The van der Waals surface area contributed by atoms with E-state index in [1.165, 1.54) is 0 Å². The standard InChI is InChI=1S/C23H33N5O3/c1-25(2)14-10-24-21(29)16-28-20-15-17(22(30)26-11-5-6-12-26)8-9-18(20)27-13-4-3-7-19(27)23(28)31/h8-9,15,19H,3-7,10-14,16H2,1-2H3,(H,24,29). The fraction of sp³-hybridized carbons (Fsp3) is 0.609. The molecular weight excluding hydrogens is 394 g/mol. The van der Waals surface area contributed by atoms with Gasteiger partial charge in [-0.05, 0) is 64.4 Å². The maximum atomic E-state index is 13.4. The maximum absolute atomic E-state index is 13.4. The van der Waals surface area contributed by atoms with Crippen molar-refractivity contribution in [2.24, 2.45) is 0 Å². The Morgan fingerprint density at radius 2 is 1.81 bits per heavy atom. The van der Waals surface area contributed by atoms with Crippen molar-refractivity contribution in [3.8, 4) is 0 Å². The van der Waals surface area contributed by atoms with E-state index in [4.69, 9.17) is 0 Å². The minimum atomic E-state index is -0.226. The molecule has 8 heteroatoms. The average molecular weight is 428 g/mol. The minimum Gasteiger partial charge on any atom is -0.358 e. The van der Waals surface area contributed by atoms with E-state index in [0.717, 1.165) is 64.0 Å². The second kappa shape index (κ2) is 9.26. The van der Waals surface area contributed by atoms with Crippen molar-refractivity contribution in [2.45, 2.75) is 38.1 Å². The normalized spacial score (nSPS) is 20.7. The largest absolute Gasteiger partial charge is 0.358 e. The van der Waals surface area contributed by atoms with Gasteiger partial charge in [-0.15, -0.1) is 0 Å². The first-order chi connectivity index (χ1) is 15.0. The fourth-order valence-corrected chi connectivity index (χ4v) is 4.78. The van der Waals surface area contributed by atoms with Crippen LogP contribution in [0.25, 0.3) is 0 Å². The number of hydrogen-bond donors (Lipinski definition) is 1. The molecule has 3 aliphatic heterocycles. The SMILES string of the molecule is CN(C)CCNC(=O)CN1C(=O)C2CCCCN2c2ccc(C(=O)N3CCCC3)cc21. The second-order valence-electron chi connectivity index (χ2n) is 8.99. The van der Waals surface area contributed by atoms with E-state index in [0.29, 0.717) is 17.8 Å². The summed E-state index contributed by atoms with van der Waals surface area (Å²) in [6.45, 7) is 3.63. The number of amides is 3. The van der Waals surface area contributed by atoms with Crippen LogP contribution in [0.3, 0.4) is 0 Å². The number of anilines is 2. The molecule has 31 heavy (non-hydrogen) atoms. The van der Waals surface area contributed by atoms with Gasteiger partial charge in [0.1, 0.15) is 12.6 Å². The number of piperidine rings is 1. The summed E-state index contributed by atoms with van der Waals surface area (Å²) in [5, 5.41) is 2.90. The number of rotatable bonds is 6. The Morgan fingerprint density at radius 1 is 1.06 bits per heavy atom. The fourth-order valence-electron chi connectivity index (χ4n) is 4.78. The lowest BCUT2D eigenvalue weighted by atomic mass is 9.95. The lowest BCUT2D eigenvalue weighted by Gasteiger charge is -2.45. The van der Waals surface area contributed by atoms with Gasteiger partial charge in [-0.3, -0.25) is 19.3 Å². The number of carbonyl (C=O) groups excluding carboxylic acids is 3. The molecule has 0 radical (unpaired) electrons. The molecule has 8 nitrogen and oxygen atoms in total. The quantitative estimate of drug-likeness (QED) is 0.741. The number of carbonyl (C=O) groups is 3. The van der Waals surface area contributed by atoms with Gasteiger partial charge in [0.05, 0.1) is 11.4 Å². The summed E-state index contributed by atoms with van der Waals surface area (Å²) in [5.74, 6) is -0.216. The highest BCUT2D eigenvalue weighted by Crippen LogP contribution is 2.40. The number of fused-ring (bicyclic) bond motifs is 3. The first-order valence-electron chi connectivity index (χ1n) is 11.4. The van der Waals surface area contributed by atoms with Crippen molar-refractivity contribution in [1.82, 2.24) is 15.1 Å². The summed E-state index contributed by atoms with van der Waals surface area (Å²) >= 11 is 0. The third kappa shape index (κ3) is 4.54. The van der Waals surface area contributed by atoms with Crippen molar-refractivity contribution in [3.63, 3.8) is 0 Å². The van der Waals surface area contributed by atoms with Crippen LogP contribution in [0.15, 0.2) is 18.2 Å². The monoisotopic (exact) mass is 427 g/mol. The Labute approximate surface area is 184 Å². The number of hydrogen-bond acceptors (Lipinski definition) is 5. The zero-order valence-electron chi connectivity index (χ0n) is 18.6. The molecule has 1 unspecified atom stereocenters. The molecule has 0 aliphatic carbocycles. The van der Waals surface area contributed by atoms with Crippen LogP contribution in [0, 0.1) is 0 Å². The third-order valence-electron chi connectivity index (χ3n) is 6.45. The highest BCUT2D eigenvalue weighted by atomic mass is 16.2. The first kappa shape index (κ1) is 21.6. The molecule has 1 atom stereocenters.